The van der Waals surface area contributed by atoms with Gasteiger partial charge in [-0.15, -0.1) is 0 Å². The fourth-order valence-corrected chi connectivity index (χ4v) is 2.62. The minimum absolute atomic E-state index is 0.0176. The van der Waals surface area contributed by atoms with Crippen LogP contribution >= 0.6 is 23.2 Å². The smallest absolute Gasteiger partial charge is 0.239 e. The zero-order chi connectivity index (χ0) is 19.2. The van der Waals surface area contributed by atoms with Crippen LogP contribution in [0.25, 0.3) is 11.3 Å². The first-order valence-electron chi connectivity index (χ1n) is 8.05. The van der Waals surface area contributed by atoms with E-state index in [1.165, 1.54) is 12.1 Å². The van der Waals surface area contributed by atoms with Crippen LogP contribution < -0.4 is 10.6 Å². The topological polar surface area (TPSA) is 66.9 Å². The summed E-state index contributed by atoms with van der Waals surface area (Å²) in [6, 6.07) is 14.7. The third-order valence-corrected chi connectivity index (χ3v) is 4.09. The number of halogens is 3. The number of nitrogens with zero attached hydrogens (tertiary/aromatic N) is 2. The number of nitrogens with one attached hydrogen (secondary N) is 2. The fraction of sp³-hybridized carbons (Fsp3) is 0.105. The van der Waals surface area contributed by atoms with Crippen LogP contribution in [0.15, 0.2) is 54.6 Å². The summed E-state index contributed by atoms with van der Waals surface area (Å²) in [5.41, 5.74) is 2.16. The maximum absolute atomic E-state index is 13.1. The maximum atomic E-state index is 13.1. The molecule has 3 aromatic rings. The lowest BCUT2D eigenvalue weighted by Gasteiger charge is -2.09. The van der Waals surface area contributed by atoms with E-state index in [4.69, 9.17) is 23.2 Å². The molecule has 138 valence electrons. The van der Waals surface area contributed by atoms with Crippen LogP contribution in [0.4, 0.5) is 10.2 Å². The number of aromatic nitrogens is 2. The standard InChI is InChI=1S/C19H15Cl2FN4O/c20-14-5-1-12(2-6-14)10-24-18(27)11-23-17-9-16(25-19(21)26-17)13-3-7-15(22)8-4-13/h1-9H,10-11H2,(H,24,27)(H,23,25,26). The van der Waals surface area contributed by atoms with Crippen LogP contribution in [0, 0.1) is 5.82 Å². The largest absolute Gasteiger partial charge is 0.361 e. The summed E-state index contributed by atoms with van der Waals surface area (Å²) in [6.07, 6.45) is 0. The highest BCUT2D eigenvalue weighted by atomic mass is 35.5. The molecule has 1 heterocycles. The SMILES string of the molecule is O=C(CNc1cc(-c2ccc(F)cc2)nc(Cl)n1)NCc1ccc(Cl)cc1. The summed E-state index contributed by atoms with van der Waals surface area (Å²) < 4.78 is 13.1. The fourth-order valence-electron chi connectivity index (χ4n) is 2.31. The molecule has 0 spiro atoms. The summed E-state index contributed by atoms with van der Waals surface area (Å²) >= 11 is 11.8. The van der Waals surface area contributed by atoms with Gasteiger partial charge in [0.15, 0.2) is 0 Å². The van der Waals surface area contributed by atoms with Crippen LogP contribution in [-0.4, -0.2) is 22.4 Å². The Balaban J connectivity index is 1.59. The van der Waals surface area contributed by atoms with Crippen molar-refractivity contribution in [2.24, 2.45) is 0 Å². The molecule has 2 aromatic carbocycles. The third kappa shape index (κ3) is 5.64. The van der Waals surface area contributed by atoms with Crippen LogP contribution in [-0.2, 0) is 11.3 Å². The molecule has 0 saturated heterocycles. The molecule has 0 bridgehead atoms. The number of anilines is 1. The van der Waals surface area contributed by atoms with E-state index in [1.54, 1.807) is 30.3 Å². The Morgan fingerprint density at radius 2 is 1.70 bits per heavy atom. The average Bonchev–Trinajstić information content (AvgIpc) is 2.66. The van der Waals surface area contributed by atoms with Crippen molar-refractivity contribution in [2.75, 3.05) is 11.9 Å². The Bertz CT molecular complexity index is 933. The van der Waals surface area contributed by atoms with Gasteiger partial charge in [0, 0.05) is 23.2 Å². The highest BCUT2D eigenvalue weighted by Crippen LogP contribution is 2.21. The molecule has 0 aliphatic carbocycles. The van der Waals surface area contributed by atoms with Crippen molar-refractivity contribution in [3.8, 4) is 11.3 Å². The van der Waals surface area contributed by atoms with Crippen molar-refractivity contribution in [3.63, 3.8) is 0 Å². The molecule has 1 aromatic heterocycles. The van der Waals surface area contributed by atoms with Crippen molar-refractivity contribution in [1.29, 1.82) is 0 Å². The zero-order valence-corrected chi connectivity index (χ0v) is 15.6. The number of rotatable bonds is 6. The monoisotopic (exact) mass is 404 g/mol. The second-order valence-electron chi connectivity index (χ2n) is 5.67. The molecule has 0 atom stereocenters. The Labute approximate surface area is 165 Å². The van der Waals surface area contributed by atoms with E-state index in [0.29, 0.717) is 28.6 Å². The van der Waals surface area contributed by atoms with Gasteiger partial charge in [0.05, 0.1) is 12.2 Å². The Morgan fingerprint density at radius 3 is 2.41 bits per heavy atom. The number of benzene rings is 2. The molecule has 0 aliphatic heterocycles. The van der Waals surface area contributed by atoms with Gasteiger partial charge in [-0.2, -0.15) is 0 Å². The Kier molecular flexibility index (Phi) is 6.21. The number of carbonyl (C=O) groups is 1. The summed E-state index contributed by atoms with van der Waals surface area (Å²) in [4.78, 5) is 20.2. The van der Waals surface area contributed by atoms with Crippen molar-refractivity contribution >= 4 is 34.9 Å². The number of amides is 1. The Morgan fingerprint density at radius 1 is 1.00 bits per heavy atom. The minimum Gasteiger partial charge on any atom is -0.361 e. The predicted octanol–water partition coefficient (Wildman–Crippen LogP) is 4.32. The normalized spacial score (nSPS) is 10.5. The molecule has 0 fully saturated rings. The maximum Gasteiger partial charge on any atom is 0.239 e. The van der Waals surface area contributed by atoms with Gasteiger partial charge < -0.3 is 10.6 Å². The number of hydrogen-bond acceptors (Lipinski definition) is 4. The van der Waals surface area contributed by atoms with Gasteiger partial charge >= 0.3 is 0 Å². The summed E-state index contributed by atoms with van der Waals surface area (Å²) in [5.74, 6) is -0.145. The van der Waals surface area contributed by atoms with Crippen molar-refractivity contribution < 1.29 is 9.18 Å². The average molecular weight is 405 g/mol. The molecule has 1 amide bonds. The summed E-state index contributed by atoms with van der Waals surface area (Å²) in [7, 11) is 0. The van der Waals surface area contributed by atoms with Gasteiger partial charge in [-0.3, -0.25) is 4.79 Å². The van der Waals surface area contributed by atoms with Crippen LogP contribution in [0.2, 0.25) is 10.3 Å². The molecular formula is C19H15Cl2FN4O. The molecule has 5 nitrogen and oxygen atoms in total. The van der Waals surface area contributed by atoms with E-state index >= 15 is 0 Å². The van der Waals surface area contributed by atoms with Crippen LogP contribution in [0.3, 0.4) is 0 Å². The van der Waals surface area contributed by atoms with Crippen molar-refractivity contribution in [3.05, 3.63) is 76.3 Å². The summed E-state index contributed by atoms with van der Waals surface area (Å²) in [5, 5.41) is 6.37. The quantitative estimate of drug-likeness (QED) is 0.600. The molecular weight excluding hydrogens is 390 g/mol. The van der Waals surface area contributed by atoms with Gasteiger partial charge in [0.25, 0.3) is 0 Å². The third-order valence-electron chi connectivity index (χ3n) is 3.67. The molecule has 0 unspecified atom stereocenters. The summed E-state index contributed by atoms with van der Waals surface area (Å²) in [6.45, 7) is 0.410. The van der Waals surface area contributed by atoms with E-state index in [-0.39, 0.29) is 23.6 Å². The lowest BCUT2D eigenvalue weighted by atomic mass is 10.1. The molecule has 0 aliphatic rings. The van der Waals surface area contributed by atoms with Gasteiger partial charge in [0.1, 0.15) is 11.6 Å². The first-order valence-corrected chi connectivity index (χ1v) is 8.81. The zero-order valence-electron chi connectivity index (χ0n) is 14.0. The first-order chi connectivity index (χ1) is 13.0. The number of hydrogen-bond donors (Lipinski definition) is 2. The molecule has 3 rings (SSSR count). The minimum atomic E-state index is -0.338. The van der Waals surface area contributed by atoms with E-state index < -0.39 is 0 Å². The highest BCUT2D eigenvalue weighted by Gasteiger charge is 2.08. The van der Waals surface area contributed by atoms with Crippen LogP contribution in [0.1, 0.15) is 5.56 Å². The first kappa shape index (κ1) is 19.1. The highest BCUT2D eigenvalue weighted by molar-refractivity contribution is 6.30. The van der Waals surface area contributed by atoms with Gasteiger partial charge in [-0.1, -0.05) is 23.7 Å². The van der Waals surface area contributed by atoms with Crippen molar-refractivity contribution in [1.82, 2.24) is 15.3 Å². The second-order valence-corrected chi connectivity index (χ2v) is 6.45. The van der Waals surface area contributed by atoms with E-state index in [2.05, 4.69) is 20.6 Å². The molecule has 2 N–H and O–H groups in total. The molecule has 0 radical (unpaired) electrons. The van der Waals surface area contributed by atoms with Gasteiger partial charge in [-0.25, -0.2) is 14.4 Å². The lowest BCUT2D eigenvalue weighted by molar-refractivity contribution is -0.119. The molecule has 27 heavy (non-hydrogen) atoms. The molecule has 8 heteroatoms. The lowest BCUT2D eigenvalue weighted by Crippen LogP contribution is -2.29. The Hall–Kier alpha value is -2.70. The van der Waals surface area contributed by atoms with E-state index in [1.807, 2.05) is 12.1 Å². The van der Waals surface area contributed by atoms with Gasteiger partial charge in [0.2, 0.25) is 11.2 Å². The van der Waals surface area contributed by atoms with E-state index in [9.17, 15) is 9.18 Å². The number of carbonyl (C=O) groups excluding carboxylic acids is 1. The van der Waals surface area contributed by atoms with Crippen molar-refractivity contribution in [2.45, 2.75) is 6.54 Å². The van der Waals surface area contributed by atoms with E-state index in [0.717, 1.165) is 5.56 Å². The molecule has 0 saturated carbocycles. The second kappa shape index (κ2) is 8.79. The van der Waals surface area contributed by atoms with Crippen LogP contribution in [0.5, 0.6) is 0 Å². The van der Waals surface area contributed by atoms with Gasteiger partial charge in [-0.05, 0) is 53.6 Å². The predicted molar refractivity (Wildman–Crippen MR) is 104 cm³/mol.